The van der Waals surface area contributed by atoms with Crippen LogP contribution >= 0.6 is 0 Å². The molecule has 0 saturated heterocycles. The molecular weight excluding hydrogens is 414 g/mol. The number of ether oxygens (including phenoxy) is 2. The highest BCUT2D eigenvalue weighted by molar-refractivity contribution is 6.16. The molecule has 5 N–H and O–H groups in total. The van der Waals surface area contributed by atoms with Crippen molar-refractivity contribution in [3.63, 3.8) is 0 Å². The Kier molecular flexibility index (Phi) is 8.51. The number of hydrogen-bond acceptors (Lipinski definition) is 8. The molecule has 32 heavy (non-hydrogen) atoms. The van der Waals surface area contributed by atoms with Gasteiger partial charge in [0.15, 0.2) is 11.6 Å². The minimum Gasteiger partial charge on any atom is -0.465 e. The van der Waals surface area contributed by atoms with E-state index in [1.807, 2.05) is 18.2 Å². The van der Waals surface area contributed by atoms with Gasteiger partial charge in [0.05, 0.1) is 18.7 Å². The molecule has 1 aromatic rings. The van der Waals surface area contributed by atoms with Gasteiger partial charge >= 0.3 is 12.1 Å². The zero-order valence-electron chi connectivity index (χ0n) is 18.9. The third-order valence-corrected chi connectivity index (χ3v) is 5.97. The van der Waals surface area contributed by atoms with E-state index in [4.69, 9.17) is 20.9 Å². The fourth-order valence-corrected chi connectivity index (χ4v) is 4.34. The first kappa shape index (κ1) is 25.5. The highest BCUT2D eigenvalue weighted by Gasteiger charge is 2.65. The molecule has 4 unspecified atom stereocenters. The van der Waals surface area contributed by atoms with E-state index in [9.17, 15) is 19.2 Å². The van der Waals surface area contributed by atoms with E-state index < -0.39 is 46.7 Å². The van der Waals surface area contributed by atoms with Crippen molar-refractivity contribution in [3.8, 4) is 0 Å². The number of ketones is 2. The van der Waals surface area contributed by atoms with E-state index in [1.54, 1.807) is 19.1 Å². The van der Waals surface area contributed by atoms with Crippen LogP contribution in [0.5, 0.6) is 0 Å². The normalized spacial score (nSPS) is 24.7. The van der Waals surface area contributed by atoms with Gasteiger partial charge in [-0.05, 0) is 39.2 Å². The van der Waals surface area contributed by atoms with Crippen molar-refractivity contribution in [2.75, 3.05) is 6.61 Å². The number of benzene rings is 1. The molecule has 9 nitrogen and oxygen atoms in total. The second-order valence-electron chi connectivity index (χ2n) is 8.25. The summed E-state index contributed by atoms with van der Waals surface area (Å²) in [5.41, 5.74) is 9.38. The lowest BCUT2D eigenvalue weighted by atomic mass is 9.55. The van der Waals surface area contributed by atoms with Gasteiger partial charge in [-0.2, -0.15) is 0 Å². The minimum absolute atomic E-state index is 0.0150. The topological polar surface area (TPSA) is 151 Å². The molecule has 1 aromatic carbocycles. The van der Waals surface area contributed by atoms with Gasteiger partial charge in [-0.25, -0.2) is 4.79 Å². The van der Waals surface area contributed by atoms with Gasteiger partial charge in [0.25, 0.3) is 0 Å². The minimum atomic E-state index is -1.90. The largest absolute Gasteiger partial charge is 0.465 e. The number of alkyl carbamates (subject to hydrolysis) is 1. The third-order valence-electron chi connectivity index (χ3n) is 5.97. The first-order chi connectivity index (χ1) is 15.1. The molecule has 176 valence electrons. The van der Waals surface area contributed by atoms with E-state index in [0.717, 1.165) is 5.56 Å². The van der Waals surface area contributed by atoms with Gasteiger partial charge in [0.2, 0.25) is 0 Å². The maximum Gasteiger partial charge on any atom is 0.408 e. The first-order valence-corrected chi connectivity index (χ1v) is 10.9. The molecule has 4 atom stereocenters. The second kappa shape index (κ2) is 10.7. The molecule has 1 amide bonds. The van der Waals surface area contributed by atoms with Crippen LogP contribution in [0, 0.1) is 5.41 Å². The van der Waals surface area contributed by atoms with Gasteiger partial charge in [-0.15, -0.1) is 0 Å². The van der Waals surface area contributed by atoms with Crippen LogP contribution in [0.2, 0.25) is 0 Å². The Hall–Kier alpha value is -2.78. The smallest absolute Gasteiger partial charge is 0.408 e. The number of carbonyl (C=O) groups is 4. The average Bonchev–Trinajstić information content (AvgIpc) is 2.78. The SMILES string of the molecule is CCOC(=O)C1(N)CCCCC1(C(=O)C(C)N)C(=O)C(C)NC(=O)OCc1ccccc1. The summed E-state index contributed by atoms with van der Waals surface area (Å²) in [4.78, 5) is 52.1. The number of esters is 1. The molecule has 1 aliphatic carbocycles. The van der Waals surface area contributed by atoms with Crippen LogP contribution in [-0.2, 0) is 30.5 Å². The summed E-state index contributed by atoms with van der Waals surface area (Å²) in [5, 5.41) is 2.46. The van der Waals surface area contributed by atoms with Gasteiger partial charge < -0.3 is 26.3 Å². The van der Waals surface area contributed by atoms with E-state index in [1.165, 1.54) is 13.8 Å². The van der Waals surface area contributed by atoms with Crippen LogP contribution in [-0.4, -0.2) is 47.9 Å². The fourth-order valence-electron chi connectivity index (χ4n) is 4.34. The van der Waals surface area contributed by atoms with E-state index in [2.05, 4.69) is 5.32 Å². The molecule has 0 spiro atoms. The Balaban J connectivity index is 2.28. The van der Waals surface area contributed by atoms with Crippen molar-refractivity contribution in [3.05, 3.63) is 35.9 Å². The van der Waals surface area contributed by atoms with Crippen molar-refractivity contribution in [2.24, 2.45) is 16.9 Å². The Bertz CT molecular complexity index is 843. The average molecular weight is 448 g/mol. The summed E-state index contributed by atoms with van der Waals surface area (Å²) >= 11 is 0. The van der Waals surface area contributed by atoms with Crippen LogP contribution in [0.3, 0.4) is 0 Å². The third kappa shape index (κ3) is 4.99. The van der Waals surface area contributed by atoms with Gasteiger partial charge in [0.1, 0.15) is 17.6 Å². The number of nitrogens with one attached hydrogen (secondary N) is 1. The molecular formula is C23H33N3O6. The van der Waals surface area contributed by atoms with Crippen molar-refractivity contribution < 1.29 is 28.7 Å². The maximum atomic E-state index is 13.7. The van der Waals surface area contributed by atoms with E-state index >= 15 is 0 Å². The van der Waals surface area contributed by atoms with Crippen LogP contribution in [0.4, 0.5) is 4.79 Å². The summed E-state index contributed by atoms with van der Waals surface area (Å²) in [6, 6.07) is 6.87. The van der Waals surface area contributed by atoms with E-state index in [-0.39, 0.29) is 26.1 Å². The molecule has 9 heteroatoms. The van der Waals surface area contributed by atoms with Gasteiger partial charge in [-0.3, -0.25) is 14.4 Å². The molecule has 1 fully saturated rings. The van der Waals surface area contributed by atoms with Crippen molar-refractivity contribution >= 4 is 23.6 Å². The Morgan fingerprint density at radius 1 is 1.03 bits per heavy atom. The van der Waals surface area contributed by atoms with Gasteiger partial charge in [0, 0.05) is 0 Å². The Morgan fingerprint density at radius 3 is 2.25 bits per heavy atom. The molecule has 0 bridgehead atoms. The summed E-state index contributed by atoms with van der Waals surface area (Å²) in [6.07, 6.45) is 0.381. The monoisotopic (exact) mass is 447 g/mol. The second-order valence-corrected chi connectivity index (χ2v) is 8.25. The molecule has 0 aromatic heterocycles. The molecule has 0 aliphatic heterocycles. The molecule has 1 aliphatic rings. The molecule has 0 heterocycles. The number of hydrogen-bond donors (Lipinski definition) is 3. The van der Waals surface area contributed by atoms with Crippen molar-refractivity contribution in [1.82, 2.24) is 5.32 Å². The summed E-state index contributed by atoms with van der Waals surface area (Å²) in [6.45, 7) is 4.56. The number of carbonyl (C=O) groups excluding carboxylic acids is 4. The predicted octanol–water partition coefficient (Wildman–Crippen LogP) is 1.61. The summed E-state index contributed by atoms with van der Waals surface area (Å²) in [7, 11) is 0. The number of Topliss-reactive ketones (excluding diaryl/α,β-unsaturated/α-hetero) is 2. The number of nitrogens with two attached hydrogens (primary N) is 2. The lowest BCUT2D eigenvalue weighted by Gasteiger charge is -2.48. The first-order valence-electron chi connectivity index (χ1n) is 10.9. The lowest BCUT2D eigenvalue weighted by molar-refractivity contribution is -0.168. The fraction of sp³-hybridized carbons (Fsp3) is 0.565. The van der Waals surface area contributed by atoms with Crippen LogP contribution in [0.25, 0.3) is 0 Å². The zero-order valence-corrected chi connectivity index (χ0v) is 18.9. The lowest BCUT2D eigenvalue weighted by Crippen LogP contribution is -2.72. The Morgan fingerprint density at radius 2 is 1.66 bits per heavy atom. The number of amides is 1. The highest BCUT2D eigenvalue weighted by Crippen LogP contribution is 2.46. The van der Waals surface area contributed by atoms with Crippen LogP contribution < -0.4 is 16.8 Å². The zero-order chi connectivity index (χ0) is 23.9. The molecule has 0 radical (unpaired) electrons. The molecule has 2 rings (SSSR count). The number of rotatable bonds is 9. The Labute approximate surface area is 188 Å². The van der Waals surface area contributed by atoms with Gasteiger partial charge in [-0.1, -0.05) is 43.2 Å². The highest BCUT2D eigenvalue weighted by atomic mass is 16.5. The van der Waals surface area contributed by atoms with Crippen LogP contribution in [0.15, 0.2) is 30.3 Å². The van der Waals surface area contributed by atoms with E-state index in [0.29, 0.717) is 12.8 Å². The summed E-state index contributed by atoms with van der Waals surface area (Å²) in [5.74, 6) is -2.13. The predicted molar refractivity (Wildman–Crippen MR) is 117 cm³/mol. The van der Waals surface area contributed by atoms with Crippen LogP contribution in [0.1, 0.15) is 52.0 Å². The maximum absolute atomic E-state index is 13.7. The molecule has 1 saturated carbocycles. The van der Waals surface area contributed by atoms with Crippen molar-refractivity contribution in [2.45, 2.75) is 70.7 Å². The quantitative estimate of drug-likeness (QED) is 0.381. The standard InChI is InChI=1S/C23H33N3O6/c1-4-31-20(29)23(25)13-9-8-12-22(23,18(27)15(2)24)19(28)16(3)26-21(30)32-14-17-10-6-5-7-11-17/h5-7,10-11,15-16H,4,8-9,12-14,24-25H2,1-3H3,(H,26,30). The van der Waals surface area contributed by atoms with Crippen molar-refractivity contribution in [1.29, 1.82) is 0 Å². The summed E-state index contributed by atoms with van der Waals surface area (Å²) < 4.78 is 10.3.